The summed E-state index contributed by atoms with van der Waals surface area (Å²) in [5.74, 6) is -0.774. The number of para-hydroxylation sites is 1. The number of hydrogen-bond acceptors (Lipinski definition) is 6. The number of hydrogen-bond donors (Lipinski definition) is 2. The summed E-state index contributed by atoms with van der Waals surface area (Å²) < 4.78 is 4.90. The predicted molar refractivity (Wildman–Crippen MR) is 115 cm³/mol. The smallest absolute Gasteiger partial charge is 0.328 e. The Kier molecular flexibility index (Phi) is 5.85. The van der Waals surface area contributed by atoms with Gasteiger partial charge in [0, 0.05) is 35.1 Å². The van der Waals surface area contributed by atoms with Crippen molar-refractivity contribution in [3.05, 3.63) is 71.5 Å². The molecule has 1 atom stereocenters. The van der Waals surface area contributed by atoms with E-state index in [1.54, 1.807) is 6.20 Å². The molecule has 1 aromatic carbocycles. The first kappa shape index (κ1) is 19.8. The van der Waals surface area contributed by atoms with Gasteiger partial charge in [-0.1, -0.05) is 24.3 Å². The van der Waals surface area contributed by atoms with Crippen LogP contribution in [-0.4, -0.2) is 40.0 Å². The Morgan fingerprint density at radius 3 is 2.83 bits per heavy atom. The highest BCUT2D eigenvalue weighted by Gasteiger charge is 2.23. The number of rotatable bonds is 7. The number of amides is 1. The summed E-state index contributed by atoms with van der Waals surface area (Å²) in [6.45, 7) is 0. The van der Waals surface area contributed by atoms with Crippen molar-refractivity contribution < 1.29 is 14.3 Å². The Balaban J connectivity index is 1.45. The number of nitrogens with zero attached hydrogens (tertiary/aromatic N) is 2. The van der Waals surface area contributed by atoms with Gasteiger partial charge in [0.15, 0.2) is 0 Å². The van der Waals surface area contributed by atoms with Gasteiger partial charge in [-0.25, -0.2) is 9.78 Å². The van der Waals surface area contributed by atoms with Gasteiger partial charge in [-0.05, 0) is 23.8 Å². The number of methoxy groups -OCH3 is 1. The lowest BCUT2D eigenvalue weighted by atomic mass is 10.0. The molecule has 4 rings (SSSR count). The van der Waals surface area contributed by atoms with E-state index < -0.39 is 12.0 Å². The maximum atomic E-state index is 12.6. The van der Waals surface area contributed by atoms with Crippen molar-refractivity contribution in [3.63, 3.8) is 0 Å². The standard InChI is InChI=1S/C22H20N4O3S/c1-29-22(28)19(10-14-12-24-17-7-3-2-6-16(14)17)26-20(27)11-15-13-30-21(25-15)18-8-4-5-9-23-18/h2-9,12-13,19,24H,10-11H2,1H3,(H,26,27). The topological polar surface area (TPSA) is 97.0 Å². The zero-order chi connectivity index (χ0) is 20.9. The fourth-order valence-electron chi connectivity index (χ4n) is 3.26. The predicted octanol–water partition coefficient (Wildman–Crippen LogP) is 3.13. The molecular weight excluding hydrogens is 400 g/mol. The number of ether oxygens (including phenoxy) is 1. The van der Waals surface area contributed by atoms with Gasteiger partial charge in [-0.3, -0.25) is 9.78 Å². The fourth-order valence-corrected chi connectivity index (χ4v) is 4.06. The molecular formula is C22H20N4O3S. The minimum absolute atomic E-state index is 0.0741. The van der Waals surface area contributed by atoms with Gasteiger partial charge >= 0.3 is 5.97 Å². The molecule has 0 aliphatic carbocycles. The Hall–Kier alpha value is -3.52. The van der Waals surface area contributed by atoms with Gasteiger partial charge in [0.05, 0.1) is 24.9 Å². The lowest BCUT2D eigenvalue weighted by molar-refractivity contribution is -0.145. The van der Waals surface area contributed by atoms with Crippen LogP contribution in [0.5, 0.6) is 0 Å². The molecule has 0 aliphatic heterocycles. The maximum Gasteiger partial charge on any atom is 0.328 e. The van der Waals surface area contributed by atoms with Crippen LogP contribution in [0.15, 0.2) is 60.2 Å². The molecule has 0 aliphatic rings. The van der Waals surface area contributed by atoms with Crippen molar-refractivity contribution in [1.29, 1.82) is 0 Å². The number of carbonyl (C=O) groups is 2. The summed E-state index contributed by atoms with van der Waals surface area (Å²) in [4.78, 5) is 36.8. The minimum Gasteiger partial charge on any atom is -0.467 e. The number of thiazole rings is 1. The van der Waals surface area contributed by atoms with E-state index >= 15 is 0 Å². The highest BCUT2D eigenvalue weighted by molar-refractivity contribution is 7.13. The molecule has 0 saturated carbocycles. The van der Waals surface area contributed by atoms with Crippen LogP contribution >= 0.6 is 11.3 Å². The van der Waals surface area contributed by atoms with Crippen molar-refractivity contribution >= 4 is 34.1 Å². The fraction of sp³-hybridized carbons (Fsp3) is 0.182. The Morgan fingerprint density at radius 2 is 2.03 bits per heavy atom. The Bertz CT molecular complexity index is 1170. The molecule has 30 heavy (non-hydrogen) atoms. The summed E-state index contributed by atoms with van der Waals surface area (Å²) >= 11 is 1.43. The zero-order valence-electron chi connectivity index (χ0n) is 16.3. The first-order valence-electron chi connectivity index (χ1n) is 9.42. The number of aromatic amines is 1. The Morgan fingerprint density at radius 1 is 1.20 bits per heavy atom. The van der Waals surface area contributed by atoms with E-state index in [1.807, 2.05) is 54.0 Å². The van der Waals surface area contributed by atoms with Crippen molar-refractivity contribution in [2.24, 2.45) is 0 Å². The van der Waals surface area contributed by atoms with E-state index in [2.05, 4.69) is 20.3 Å². The van der Waals surface area contributed by atoms with Gasteiger partial charge < -0.3 is 15.0 Å². The van der Waals surface area contributed by atoms with Gasteiger partial charge in [0.2, 0.25) is 5.91 Å². The molecule has 3 heterocycles. The molecule has 2 N–H and O–H groups in total. The van der Waals surface area contributed by atoms with Crippen LogP contribution < -0.4 is 5.32 Å². The molecule has 7 nitrogen and oxygen atoms in total. The second kappa shape index (κ2) is 8.87. The number of nitrogens with one attached hydrogen (secondary N) is 2. The van der Waals surface area contributed by atoms with Crippen LogP contribution in [0.4, 0.5) is 0 Å². The van der Waals surface area contributed by atoms with Crippen LogP contribution in [0.1, 0.15) is 11.3 Å². The molecule has 1 unspecified atom stereocenters. The van der Waals surface area contributed by atoms with Crippen molar-refractivity contribution in [2.75, 3.05) is 7.11 Å². The quantitative estimate of drug-likeness (QED) is 0.448. The van der Waals surface area contributed by atoms with Crippen molar-refractivity contribution in [1.82, 2.24) is 20.3 Å². The number of aromatic nitrogens is 3. The molecule has 4 aromatic rings. The highest BCUT2D eigenvalue weighted by atomic mass is 32.1. The second-order valence-electron chi connectivity index (χ2n) is 6.74. The minimum atomic E-state index is -0.782. The molecule has 0 fully saturated rings. The SMILES string of the molecule is COC(=O)C(Cc1c[nH]c2ccccc12)NC(=O)Cc1csc(-c2ccccn2)n1. The molecule has 152 valence electrons. The van der Waals surface area contributed by atoms with E-state index in [1.165, 1.54) is 18.4 Å². The summed E-state index contributed by atoms with van der Waals surface area (Å²) in [6, 6.07) is 12.6. The van der Waals surface area contributed by atoms with Gasteiger partial charge in [0.25, 0.3) is 0 Å². The molecule has 0 bridgehead atoms. The average molecular weight is 420 g/mol. The zero-order valence-corrected chi connectivity index (χ0v) is 17.1. The highest BCUT2D eigenvalue weighted by Crippen LogP contribution is 2.22. The molecule has 3 aromatic heterocycles. The summed E-state index contributed by atoms with van der Waals surface area (Å²) in [5, 5.41) is 6.39. The number of benzene rings is 1. The van der Waals surface area contributed by atoms with Crippen LogP contribution in [0.2, 0.25) is 0 Å². The number of carbonyl (C=O) groups excluding carboxylic acids is 2. The average Bonchev–Trinajstić information content (AvgIpc) is 3.41. The van der Waals surface area contributed by atoms with Crippen molar-refractivity contribution in [2.45, 2.75) is 18.9 Å². The second-order valence-corrected chi connectivity index (χ2v) is 7.60. The molecule has 1 amide bonds. The number of fused-ring (bicyclic) bond motifs is 1. The monoisotopic (exact) mass is 420 g/mol. The van der Waals surface area contributed by atoms with E-state index in [-0.39, 0.29) is 12.3 Å². The third-order valence-electron chi connectivity index (χ3n) is 4.70. The maximum absolute atomic E-state index is 12.6. The first-order chi connectivity index (χ1) is 14.6. The van der Waals surface area contributed by atoms with Gasteiger partial charge in [0.1, 0.15) is 11.0 Å². The summed E-state index contributed by atoms with van der Waals surface area (Å²) in [7, 11) is 1.32. The molecule has 0 saturated heterocycles. The van der Waals surface area contributed by atoms with Gasteiger partial charge in [-0.15, -0.1) is 11.3 Å². The number of pyridine rings is 1. The third kappa shape index (κ3) is 4.38. The van der Waals surface area contributed by atoms with E-state index in [9.17, 15) is 9.59 Å². The van der Waals surface area contributed by atoms with E-state index in [0.717, 1.165) is 27.2 Å². The largest absolute Gasteiger partial charge is 0.467 e. The lowest BCUT2D eigenvalue weighted by Gasteiger charge is -2.16. The van der Waals surface area contributed by atoms with Crippen LogP contribution in [0.25, 0.3) is 21.6 Å². The van der Waals surface area contributed by atoms with Crippen LogP contribution in [0.3, 0.4) is 0 Å². The van der Waals surface area contributed by atoms with Crippen LogP contribution in [0, 0.1) is 0 Å². The third-order valence-corrected chi connectivity index (χ3v) is 5.61. The Labute approximate surface area is 177 Å². The van der Waals surface area contributed by atoms with Crippen LogP contribution in [-0.2, 0) is 27.2 Å². The molecule has 8 heteroatoms. The first-order valence-corrected chi connectivity index (χ1v) is 10.3. The summed E-state index contributed by atoms with van der Waals surface area (Å²) in [6.07, 6.45) is 3.96. The number of H-pyrrole nitrogens is 1. The number of esters is 1. The summed E-state index contributed by atoms with van der Waals surface area (Å²) in [5.41, 5.74) is 3.31. The van der Waals surface area contributed by atoms with E-state index in [4.69, 9.17) is 4.74 Å². The van der Waals surface area contributed by atoms with Gasteiger partial charge in [-0.2, -0.15) is 0 Å². The molecule has 0 radical (unpaired) electrons. The lowest BCUT2D eigenvalue weighted by Crippen LogP contribution is -2.43. The van der Waals surface area contributed by atoms with Crippen molar-refractivity contribution in [3.8, 4) is 10.7 Å². The molecule has 0 spiro atoms. The van der Waals surface area contributed by atoms with E-state index in [0.29, 0.717) is 12.1 Å². The normalized spacial score (nSPS) is 11.9.